The number of carbonyl (C=O) groups excluding carboxylic acids is 3. The monoisotopic (exact) mass is 277 g/mol. The van der Waals surface area contributed by atoms with Gasteiger partial charge in [-0.3, -0.25) is 19.7 Å². The molecule has 0 radical (unpaired) electrons. The highest BCUT2D eigenvalue weighted by Gasteiger charge is 2.26. The summed E-state index contributed by atoms with van der Waals surface area (Å²) in [5, 5.41) is 15.4. The summed E-state index contributed by atoms with van der Waals surface area (Å²) < 4.78 is 0. The van der Waals surface area contributed by atoms with E-state index in [0.29, 0.717) is 0 Å². The van der Waals surface area contributed by atoms with Gasteiger partial charge in [0.1, 0.15) is 6.04 Å². The molecule has 4 N–H and O–H groups in total. The fourth-order valence-corrected chi connectivity index (χ4v) is 1.67. The predicted molar refractivity (Wildman–Crippen MR) is 67.5 cm³/mol. The van der Waals surface area contributed by atoms with Crippen LogP contribution in [-0.2, 0) is 4.79 Å². The lowest BCUT2D eigenvalue weighted by Gasteiger charge is -2.11. The molecular weight excluding hydrogens is 266 g/mol. The van der Waals surface area contributed by atoms with Gasteiger partial charge < -0.3 is 15.7 Å². The van der Waals surface area contributed by atoms with Crippen molar-refractivity contribution in [3.8, 4) is 0 Å². The number of carboxylic acid groups (broad SMARTS) is 1. The van der Waals surface area contributed by atoms with E-state index in [2.05, 4.69) is 16.0 Å². The molecule has 8 nitrogen and oxygen atoms in total. The number of rotatable bonds is 3. The number of nitrogens with one attached hydrogen (secondary N) is 3. The fraction of sp³-hybridized carbons (Fsp3) is 0.167. The number of benzene rings is 1. The Hall–Kier alpha value is -2.90. The Morgan fingerprint density at radius 2 is 1.85 bits per heavy atom. The molecule has 0 spiro atoms. The molecular formula is C12H11N3O5. The number of carboxylic acids is 1. The minimum atomic E-state index is -1.17. The van der Waals surface area contributed by atoms with Crippen LogP contribution in [0.4, 0.5) is 10.5 Å². The molecule has 0 saturated heterocycles. The Kier molecular flexibility index (Phi) is 3.38. The van der Waals surface area contributed by atoms with E-state index in [9.17, 15) is 19.2 Å². The Labute approximate surface area is 113 Å². The van der Waals surface area contributed by atoms with E-state index in [4.69, 9.17) is 5.11 Å². The summed E-state index contributed by atoms with van der Waals surface area (Å²) in [5.74, 6) is -2.19. The molecule has 0 unspecified atom stereocenters. The summed E-state index contributed by atoms with van der Waals surface area (Å²) in [6.07, 6.45) is 0. The molecule has 0 aromatic heterocycles. The molecule has 20 heavy (non-hydrogen) atoms. The van der Waals surface area contributed by atoms with E-state index in [0.717, 1.165) is 0 Å². The number of hydrogen-bond acceptors (Lipinski definition) is 4. The van der Waals surface area contributed by atoms with Gasteiger partial charge in [-0.05, 0) is 25.1 Å². The molecule has 0 aliphatic carbocycles. The molecule has 0 bridgehead atoms. The van der Waals surface area contributed by atoms with Crippen LogP contribution in [0.5, 0.6) is 0 Å². The van der Waals surface area contributed by atoms with Crippen molar-refractivity contribution in [3.63, 3.8) is 0 Å². The van der Waals surface area contributed by atoms with Crippen LogP contribution in [0.25, 0.3) is 0 Å². The van der Waals surface area contributed by atoms with E-state index >= 15 is 0 Å². The molecule has 1 aromatic carbocycles. The summed E-state index contributed by atoms with van der Waals surface area (Å²) in [7, 11) is 0. The van der Waals surface area contributed by atoms with Gasteiger partial charge in [0.15, 0.2) is 0 Å². The van der Waals surface area contributed by atoms with Crippen molar-refractivity contribution < 1.29 is 24.3 Å². The van der Waals surface area contributed by atoms with Crippen LogP contribution < -0.4 is 16.0 Å². The first-order valence-corrected chi connectivity index (χ1v) is 5.68. The highest BCUT2D eigenvalue weighted by atomic mass is 16.4. The third kappa shape index (κ3) is 2.58. The van der Waals surface area contributed by atoms with Gasteiger partial charge in [-0.2, -0.15) is 0 Å². The quantitative estimate of drug-likeness (QED) is 0.586. The van der Waals surface area contributed by atoms with Gasteiger partial charge in [0.25, 0.3) is 11.8 Å². The zero-order valence-electron chi connectivity index (χ0n) is 10.4. The number of imide groups is 1. The second-order valence-corrected chi connectivity index (χ2v) is 4.20. The average Bonchev–Trinajstić information content (AvgIpc) is 2.64. The maximum absolute atomic E-state index is 11.5. The van der Waals surface area contributed by atoms with Gasteiger partial charge in [-0.15, -0.1) is 0 Å². The summed E-state index contributed by atoms with van der Waals surface area (Å²) in [6.45, 7) is 1.32. The molecule has 1 aromatic rings. The van der Waals surface area contributed by atoms with Crippen LogP contribution in [0.3, 0.4) is 0 Å². The Bertz CT molecular complexity index is 626. The fourth-order valence-electron chi connectivity index (χ4n) is 1.67. The van der Waals surface area contributed by atoms with E-state index in [1.807, 2.05) is 0 Å². The SMILES string of the molecule is C[C@@H](NC(=O)Nc1ccc2c(c1)C(=O)NC2=O)C(=O)O. The lowest BCUT2D eigenvalue weighted by molar-refractivity contribution is -0.138. The highest BCUT2D eigenvalue weighted by molar-refractivity contribution is 6.22. The average molecular weight is 277 g/mol. The van der Waals surface area contributed by atoms with Crippen molar-refractivity contribution in [2.45, 2.75) is 13.0 Å². The van der Waals surface area contributed by atoms with Gasteiger partial charge in [0.05, 0.1) is 11.1 Å². The zero-order valence-corrected chi connectivity index (χ0v) is 10.4. The van der Waals surface area contributed by atoms with E-state index in [1.54, 1.807) is 0 Å². The third-order valence-corrected chi connectivity index (χ3v) is 2.71. The van der Waals surface area contributed by atoms with Crippen molar-refractivity contribution in [2.24, 2.45) is 0 Å². The maximum Gasteiger partial charge on any atom is 0.325 e. The predicted octanol–water partition coefficient (Wildman–Crippen LogP) is 0.165. The van der Waals surface area contributed by atoms with Gasteiger partial charge in [-0.1, -0.05) is 0 Å². The van der Waals surface area contributed by atoms with Gasteiger partial charge >= 0.3 is 12.0 Å². The third-order valence-electron chi connectivity index (χ3n) is 2.71. The standard InChI is InChI=1S/C12H11N3O5/c1-5(11(18)19)13-12(20)14-6-2-3-7-8(4-6)10(17)15-9(7)16/h2-5H,1H3,(H,18,19)(H2,13,14,20)(H,15,16,17)/t5-/m1/s1. The van der Waals surface area contributed by atoms with Crippen molar-refractivity contribution in [3.05, 3.63) is 29.3 Å². The molecule has 1 heterocycles. The van der Waals surface area contributed by atoms with Crippen molar-refractivity contribution in [1.29, 1.82) is 0 Å². The van der Waals surface area contributed by atoms with E-state index in [-0.39, 0.29) is 16.8 Å². The summed E-state index contributed by atoms with van der Waals surface area (Å²) >= 11 is 0. The molecule has 0 saturated carbocycles. The number of carbonyl (C=O) groups is 4. The first kappa shape index (κ1) is 13.5. The van der Waals surface area contributed by atoms with Gasteiger partial charge in [-0.25, -0.2) is 4.79 Å². The number of fused-ring (bicyclic) bond motifs is 1. The first-order chi connectivity index (χ1) is 9.38. The number of hydrogen-bond donors (Lipinski definition) is 4. The molecule has 4 amide bonds. The molecule has 1 aliphatic rings. The van der Waals surface area contributed by atoms with Crippen molar-refractivity contribution >= 4 is 29.5 Å². The number of urea groups is 1. The lowest BCUT2D eigenvalue weighted by Crippen LogP contribution is -2.40. The smallest absolute Gasteiger partial charge is 0.325 e. The summed E-state index contributed by atoms with van der Waals surface area (Å²) in [4.78, 5) is 44.9. The molecule has 1 aliphatic heterocycles. The van der Waals surface area contributed by atoms with Gasteiger partial charge in [0, 0.05) is 5.69 Å². The minimum Gasteiger partial charge on any atom is -0.480 e. The van der Waals surface area contributed by atoms with E-state index in [1.165, 1.54) is 25.1 Å². The molecule has 1 atom stereocenters. The van der Waals surface area contributed by atoms with Crippen LogP contribution in [0, 0.1) is 0 Å². The van der Waals surface area contributed by atoms with Crippen molar-refractivity contribution in [1.82, 2.24) is 10.6 Å². The van der Waals surface area contributed by atoms with Crippen LogP contribution >= 0.6 is 0 Å². The second-order valence-electron chi connectivity index (χ2n) is 4.20. The Morgan fingerprint density at radius 1 is 1.20 bits per heavy atom. The molecule has 2 rings (SSSR count). The Balaban J connectivity index is 2.10. The first-order valence-electron chi connectivity index (χ1n) is 5.68. The molecule has 0 fully saturated rings. The number of anilines is 1. The number of aliphatic carboxylic acids is 1. The zero-order chi connectivity index (χ0) is 14.9. The largest absolute Gasteiger partial charge is 0.480 e. The number of amides is 4. The molecule has 104 valence electrons. The maximum atomic E-state index is 11.5. The lowest BCUT2D eigenvalue weighted by atomic mass is 10.1. The summed E-state index contributed by atoms with van der Waals surface area (Å²) in [5.41, 5.74) is 0.683. The van der Waals surface area contributed by atoms with Crippen LogP contribution in [0.15, 0.2) is 18.2 Å². The summed E-state index contributed by atoms with van der Waals surface area (Å²) in [6, 6.07) is 2.44. The van der Waals surface area contributed by atoms with E-state index < -0.39 is 29.9 Å². The Morgan fingerprint density at radius 3 is 2.50 bits per heavy atom. The molecule has 8 heteroatoms. The van der Waals surface area contributed by atoms with Crippen molar-refractivity contribution in [2.75, 3.05) is 5.32 Å². The van der Waals surface area contributed by atoms with Crippen LogP contribution in [0.2, 0.25) is 0 Å². The van der Waals surface area contributed by atoms with Crippen LogP contribution in [0.1, 0.15) is 27.6 Å². The normalized spacial score (nSPS) is 14.2. The highest BCUT2D eigenvalue weighted by Crippen LogP contribution is 2.20. The van der Waals surface area contributed by atoms with Gasteiger partial charge in [0.2, 0.25) is 0 Å². The minimum absolute atomic E-state index is 0.166. The topological polar surface area (TPSA) is 125 Å². The second kappa shape index (κ2) is 5.00. The van der Waals surface area contributed by atoms with Crippen LogP contribution in [-0.4, -0.2) is 35.0 Å².